The van der Waals surface area contributed by atoms with Crippen molar-refractivity contribution in [3.05, 3.63) is 35.9 Å². The van der Waals surface area contributed by atoms with Crippen LogP contribution < -0.4 is 0 Å². The van der Waals surface area contributed by atoms with E-state index in [9.17, 15) is 5.26 Å². The van der Waals surface area contributed by atoms with Crippen LogP contribution in [0.5, 0.6) is 0 Å². The Hall–Kier alpha value is -1.11. The van der Waals surface area contributed by atoms with Crippen molar-refractivity contribution in [3.8, 4) is 6.07 Å². The molecule has 1 fully saturated rings. The molecule has 1 aromatic carbocycles. The van der Waals surface area contributed by atoms with Crippen molar-refractivity contribution in [2.75, 3.05) is 0 Å². The molecule has 1 saturated carbocycles. The third-order valence-electron chi connectivity index (χ3n) is 2.79. The minimum absolute atomic E-state index is 0.269. The van der Waals surface area contributed by atoms with E-state index in [4.69, 9.17) is 4.43 Å². The van der Waals surface area contributed by atoms with Gasteiger partial charge in [0.1, 0.15) is 0 Å². The van der Waals surface area contributed by atoms with E-state index < -0.39 is 13.9 Å². The minimum Gasteiger partial charge on any atom is -0.399 e. The maximum Gasteiger partial charge on any atom is 0.185 e. The summed E-state index contributed by atoms with van der Waals surface area (Å²) in [5.74, 6) is 0.269. The second kappa shape index (κ2) is 3.72. The number of nitriles is 1. The zero-order valence-corrected chi connectivity index (χ0v) is 11.0. The van der Waals surface area contributed by atoms with Gasteiger partial charge in [-0.05, 0) is 25.2 Å². The fourth-order valence-corrected chi connectivity index (χ4v) is 3.49. The van der Waals surface area contributed by atoms with Crippen LogP contribution in [0.1, 0.15) is 17.9 Å². The van der Waals surface area contributed by atoms with Gasteiger partial charge < -0.3 is 4.43 Å². The first-order chi connectivity index (χ1) is 7.47. The highest BCUT2D eigenvalue weighted by Gasteiger charge is 2.58. The molecule has 0 amide bonds. The maximum absolute atomic E-state index is 9.30. The van der Waals surface area contributed by atoms with E-state index in [0.717, 1.165) is 6.42 Å². The lowest BCUT2D eigenvalue weighted by Gasteiger charge is -2.22. The second-order valence-electron chi connectivity index (χ2n) is 5.38. The summed E-state index contributed by atoms with van der Waals surface area (Å²) < 4.78 is 6.03. The van der Waals surface area contributed by atoms with E-state index >= 15 is 0 Å². The van der Waals surface area contributed by atoms with Gasteiger partial charge >= 0.3 is 0 Å². The Morgan fingerprint density at radius 3 is 2.44 bits per heavy atom. The van der Waals surface area contributed by atoms with E-state index in [-0.39, 0.29) is 5.92 Å². The molecule has 84 valence electrons. The normalized spacial score (nSPS) is 28.5. The molecule has 1 aliphatic rings. The second-order valence-corrected chi connectivity index (χ2v) is 9.81. The molecule has 1 aromatic rings. The molecular weight excluding hydrogens is 214 g/mol. The summed E-state index contributed by atoms with van der Waals surface area (Å²) in [5.41, 5.74) is 0.688. The molecule has 0 radical (unpaired) electrons. The number of benzene rings is 1. The molecule has 3 heteroatoms. The third-order valence-corrected chi connectivity index (χ3v) is 3.77. The van der Waals surface area contributed by atoms with E-state index in [0.29, 0.717) is 0 Å². The lowest BCUT2D eigenvalue weighted by atomic mass is 10.1. The van der Waals surface area contributed by atoms with Crippen LogP contribution in [0.15, 0.2) is 30.3 Å². The molecule has 0 unspecified atom stereocenters. The van der Waals surface area contributed by atoms with Crippen LogP contribution in [0.25, 0.3) is 0 Å². The van der Waals surface area contributed by atoms with Crippen LogP contribution in [0.2, 0.25) is 19.6 Å². The van der Waals surface area contributed by atoms with Gasteiger partial charge in [-0.1, -0.05) is 30.3 Å². The number of rotatable bonds is 3. The van der Waals surface area contributed by atoms with Gasteiger partial charge in [0.25, 0.3) is 0 Å². The molecule has 0 spiro atoms. The molecule has 0 aromatic heterocycles. The van der Waals surface area contributed by atoms with Gasteiger partial charge in [0.2, 0.25) is 0 Å². The monoisotopic (exact) mass is 231 g/mol. The number of hydrogen-bond acceptors (Lipinski definition) is 2. The Kier molecular flexibility index (Phi) is 2.65. The molecule has 0 aliphatic heterocycles. The first-order valence-electron chi connectivity index (χ1n) is 5.63. The van der Waals surface area contributed by atoms with E-state index in [1.165, 1.54) is 5.56 Å². The van der Waals surface area contributed by atoms with Gasteiger partial charge in [-0.15, -0.1) is 0 Å². The van der Waals surface area contributed by atoms with Crippen molar-refractivity contribution in [3.63, 3.8) is 0 Å². The van der Waals surface area contributed by atoms with E-state index in [2.05, 4.69) is 37.8 Å². The molecule has 2 nitrogen and oxygen atoms in total. The third kappa shape index (κ3) is 2.18. The summed E-state index contributed by atoms with van der Waals surface area (Å²) in [6, 6.07) is 12.6. The Bertz CT molecular complexity index is 418. The topological polar surface area (TPSA) is 33.0 Å². The van der Waals surface area contributed by atoms with Crippen molar-refractivity contribution >= 4 is 8.32 Å². The standard InChI is InChI=1S/C13H17NOSi/c1-16(2,3)15-13(10-14)9-12(13)11-7-5-4-6-8-11/h4-8,12H,9H2,1-3H3/t12-,13+/m0/s1. The maximum atomic E-state index is 9.30. The molecule has 0 heterocycles. The van der Waals surface area contributed by atoms with Crippen LogP contribution in [0, 0.1) is 11.3 Å². The Labute approximate surface area is 98.0 Å². The predicted octanol–water partition coefficient (Wildman–Crippen LogP) is 3.29. The van der Waals surface area contributed by atoms with E-state index in [1.807, 2.05) is 18.2 Å². The molecule has 2 rings (SSSR count). The molecular formula is C13H17NOSi. The van der Waals surface area contributed by atoms with Gasteiger partial charge in [0, 0.05) is 12.3 Å². The fourth-order valence-electron chi connectivity index (χ4n) is 2.12. The highest BCUT2D eigenvalue weighted by molar-refractivity contribution is 6.69. The van der Waals surface area contributed by atoms with Crippen molar-refractivity contribution in [2.45, 2.75) is 37.6 Å². The van der Waals surface area contributed by atoms with E-state index in [1.54, 1.807) is 0 Å². The summed E-state index contributed by atoms with van der Waals surface area (Å²) in [6.45, 7) is 6.39. The zero-order valence-electron chi connectivity index (χ0n) is 10.0. The van der Waals surface area contributed by atoms with Crippen molar-refractivity contribution in [1.29, 1.82) is 5.26 Å². The van der Waals surface area contributed by atoms with Crippen LogP contribution in [0.4, 0.5) is 0 Å². The number of hydrogen-bond donors (Lipinski definition) is 0. The SMILES string of the molecule is C[Si](C)(C)O[C@@]1(C#N)C[C@H]1c1ccccc1. The van der Waals surface area contributed by atoms with Gasteiger partial charge in [0.15, 0.2) is 13.9 Å². The van der Waals surface area contributed by atoms with Crippen LogP contribution in [-0.2, 0) is 4.43 Å². The summed E-state index contributed by atoms with van der Waals surface area (Å²) in [5, 5.41) is 9.30. The summed E-state index contributed by atoms with van der Waals surface area (Å²) in [6.07, 6.45) is 0.845. The molecule has 0 N–H and O–H groups in total. The molecule has 2 atom stereocenters. The first-order valence-corrected chi connectivity index (χ1v) is 9.04. The van der Waals surface area contributed by atoms with Gasteiger partial charge in [0.05, 0.1) is 6.07 Å². The van der Waals surface area contributed by atoms with Gasteiger partial charge in [-0.3, -0.25) is 0 Å². The quantitative estimate of drug-likeness (QED) is 0.748. The average molecular weight is 231 g/mol. The van der Waals surface area contributed by atoms with Gasteiger partial charge in [-0.2, -0.15) is 5.26 Å². The zero-order chi connectivity index (χ0) is 11.8. The lowest BCUT2D eigenvalue weighted by molar-refractivity contribution is 0.222. The van der Waals surface area contributed by atoms with Crippen molar-refractivity contribution in [1.82, 2.24) is 0 Å². The predicted molar refractivity (Wildman–Crippen MR) is 66.6 cm³/mol. The molecule has 16 heavy (non-hydrogen) atoms. The Morgan fingerprint density at radius 1 is 1.31 bits per heavy atom. The van der Waals surface area contributed by atoms with Crippen molar-refractivity contribution in [2.24, 2.45) is 0 Å². The average Bonchev–Trinajstić information content (AvgIpc) is 2.92. The molecule has 1 aliphatic carbocycles. The van der Waals surface area contributed by atoms with Crippen molar-refractivity contribution < 1.29 is 4.43 Å². The smallest absolute Gasteiger partial charge is 0.185 e. The van der Waals surface area contributed by atoms with Crippen LogP contribution in [0.3, 0.4) is 0 Å². The fraction of sp³-hybridized carbons (Fsp3) is 0.462. The Morgan fingerprint density at radius 2 is 1.94 bits per heavy atom. The number of nitrogens with zero attached hydrogens (tertiary/aromatic N) is 1. The lowest BCUT2D eigenvalue weighted by Crippen LogP contribution is -2.33. The summed E-state index contributed by atoms with van der Waals surface area (Å²) in [7, 11) is -1.65. The van der Waals surface area contributed by atoms with Crippen LogP contribution >= 0.6 is 0 Å². The highest BCUT2D eigenvalue weighted by Crippen LogP contribution is 2.54. The first kappa shape index (κ1) is 11.4. The summed E-state index contributed by atoms with van der Waals surface area (Å²) >= 11 is 0. The largest absolute Gasteiger partial charge is 0.399 e. The molecule has 0 bridgehead atoms. The Balaban J connectivity index is 2.16. The van der Waals surface area contributed by atoms with Gasteiger partial charge in [-0.25, -0.2) is 0 Å². The molecule has 0 saturated heterocycles. The highest BCUT2D eigenvalue weighted by atomic mass is 28.4. The summed E-state index contributed by atoms with van der Waals surface area (Å²) in [4.78, 5) is 0. The minimum atomic E-state index is -1.65. The van der Waals surface area contributed by atoms with Crippen LogP contribution in [-0.4, -0.2) is 13.9 Å².